The number of hydrogen-bond acceptors (Lipinski definition) is 7. The van der Waals surface area contributed by atoms with E-state index in [9.17, 15) is 24.6 Å². The predicted molar refractivity (Wildman–Crippen MR) is 221 cm³/mol. The van der Waals surface area contributed by atoms with Gasteiger partial charge in [-0.15, -0.1) is 0 Å². The summed E-state index contributed by atoms with van der Waals surface area (Å²) in [7, 11) is -2.24. The number of aryl methyl sites for hydroxylation is 2. The molecule has 2 heterocycles. The van der Waals surface area contributed by atoms with Crippen LogP contribution in [0.1, 0.15) is 62.8 Å². The Morgan fingerprint density at radius 2 is 1.69 bits per heavy atom. The van der Waals surface area contributed by atoms with Crippen molar-refractivity contribution in [3.63, 3.8) is 0 Å². The first-order valence-electron chi connectivity index (χ1n) is 18.7. The average Bonchev–Trinajstić information content (AvgIpc) is 3.44. The minimum atomic E-state index is -2.24. The van der Waals surface area contributed by atoms with Crippen LogP contribution in [0, 0.1) is 0 Å². The van der Waals surface area contributed by atoms with Gasteiger partial charge in [0, 0.05) is 36.7 Å². The summed E-state index contributed by atoms with van der Waals surface area (Å²) in [5.41, 5.74) is 6.59. The lowest BCUT2D eigenvalue weighted by atomic mass is 9.99. The number of carboxylic acid groups (broad SMARTS) is 1. The molecule has 11 nitrogen and oxygen atoms in total. The Balaban J connectivity index is 1.08. The van der Waals surface area contributed by atoms with E-state index in [1.165, 1.54) is 6.07 Å². The average molecular weight is 763 g/mol. The molecule has 2 aromatic heterocycles. The molecule has 1 atom stereocenters. The van der Waals surface area contributed by atoms with Gasteiger partial charge in [0.05, 0.1) is 22.8 Å². The first kappa shape index (κ1) is 39.3. The molecule has 0 aliphatic heterocycles. The van der Waals surface area contributed by atoms with Crippen LogP contribution in [-0.4, -0.2) is 40.7 Å². The van der Waals surface area contributed by atoms with Crippen molar-refractivity contribution >= 4 is 42.1 Å². The third-order valence-corrected chi connectivity index (χ3v) is 15.1. The Labute approximate surface area is 321 Å². The van der Waals surface area contributed by atoms with Gasteiger partial charge in [0.2, 0.25) is 5.56 Å². The van der Waals surface area contributed by atoms with Crippen molar-refractivity contribution in [2.24, 2.45) is 0 Å². The van der Waals surface area contributed by atoms with Gasteiger partial charge in [-0.3, -0.25) is 14.7 Å². The van der Waals surface area contributed by atoms with Crippen molar-refractivity contribution in [2.75, 3.05) is 11.9 Å². The molecule has 0 aliphatic rings. The molecular formula is C43H50N4O7Si. The molecule has 4 aromatic carbocycles. The molecule has 55 heavy (non-hydrogen) atoms. The van der Waals surface area contributed by atoms with Gasteiger partial charge in [0.25, 0.3) is 0 Å². The highest BCUT2D eigenvalue weighted by atomic mass is 28.4. The van der Waals surface area contributed by atoms with Crippen molar-refractivity contribution in [1.29, 1.82) is 0 Å². The van der Waals surface area contributed by atoms with Gasteiger partial charge >= 0.3 is 11.8 Å². The number of carbonyl (C=O) groups is 1. The molecule has 0 radical (unpaired) electrons. The van der Waals surface area contributed by atoms with Crippen molar-refractivity contribution in [3.8, 4) is 16.9 Å². The number of oxazole rings is 1. The lowest BCUT2D eigenvalue weighted by Gasteiger charge is -2.39. The highest BCUT2D eigenvalue weighted by molar-refractivity contribution is 6.74. The van der Waals surface area contributed by atoms with Gasteiger partial charge in [-0.05, 0) is 90.0 Å². The van der Waals surface area contributed by atoms with Gasteiger partial charge in [-0.2, -0.15) is 0 Å². The van der Waals surface area contributed by atoms with Crippen LogP contribution in [0.25, 0.3) is 33.1 Å². The summed E-state index contributed by atoms with van der Waals surface area (Å²) in [5.74, 6) is -0.380. The smallest absolute Gasteiger partial charge is 0.419 e. The Morgan fingerprint density at radius 1 is 0.927 bits per heavy atom. The fourth-order valence-corrected chi connectivity index (χ4v) is 7.95. The number of aromatic amines is 1. The molecule has 6 rings (SSSR count). The Hall–Kier alpha value is -5.43. The van der Waals surface area contributed by atoms with E-state index in [4.69, 9.17) is 8.84 Å². The van der Waals surface area contributed by atoms with Gasteiger partial charge < -0.3 is 29.4 Å². The van der Waals surface area contributed by atoms with Crippen LogP contribution in [0.3, 0.4) is 0 Å². The molecule has 0 spiro atoms. The molecule has 5 N–H and O–H groups in total. The molecule has 12 heteroatoms. The number of anilines is 1. The maximum atomic E-state index is 12.9. The predicted octanol–water partition coefficient (Wildman–Crippen LogP) is 9.16. The van der Waals surface area contributed by atoms with Gasteiger partial charge in [0.1, 0.15) is 5.75 Å². The zero-order valence-corrected chi connectivity index (χ0v) is 33.1. The third kappa shape index (κ3) is 9.27. The lowest BCUT2D eigenvalue weighted by Crippen LogP contribution is -2.43. The number of phenolic OH excluding ortho intramolecular Hbond substituents is 1. The second kappa shape index (κ2) is 16.5. The Bertz CT molecular complexity index is 2410. The molecule has 0 aliphatic carbocycles. The normalized spacial score (nSPS) is 12.7. The topological polar surface area (TPSA) is 159 Å². The Kier molecular flexibility index (Phi) is 11.8. The number of nitrogens with zero attached hydrogens (tertiary/aromatic N) is 1. The number of pyridine rings is 1. The molecule has 0 saturated heterocycles. The number of aromatic hydroxyl groups is 1. The third-order valence-electron chi connectivity index (χ3n) is 10.6. The molecule has 1 amide bonds. The summed E-state index contributed by atoms with van der Waals surface area (Å²) in [6.45, 7) is 12.5. The number of fused-ring (bicyclic) bond motifs is 2. The molecule has 0 bridgehead atoms. The van der Waals surface area contributed by atoms with Gasteiger partial charge in [-0.25, -0.2) is 9.59 Å². The van der Waals surface area contributed by atoms with Gasteiger partial charge in [0.15, 0.2) is 13.9 Å². The van der Waals surface area contributed by atoms with E-state index in [-0.39, 0.29) is 28.2 Å². The monoisotopic (exact) mass is 762 g/mol. The van der Waals surface area contributed by atoms with E-state index in [2.05, 4.69) is 49.5 Å². The zero-order valence-electron chi connectivity index (χ0n) is 32.1. The number of nitrogens with one attached hydrogen (secondary N) is 3. The summed E-state index contributed by atoms with van der Waals surface area (Å²) in [4.78, 5) is 39.2. The van der Waals surface area contributed by atoms with Crippen LogP contribution in [0.4, 0.5) is 10.5 Å². The van der Waals surface area contributed by atoms with Crippen LogP contribution in [-0.2, 0) is 23.9 Å². The number of benzene rings is 4. The zero-order chi connectivity index (χ0) is 39.3. The number of unbranched alkanes of at least 4 members (excludes halogenated alkanes) is 2. The number of H-pyrrole nitrogens is 1. The van der Waals surface area contributed by atoms with Crippen LogP contribution in [0.2, 0.25) is 18.1 Å². The maximum absolute atomic E-state index is 12.9. The number of amides is 1. The number of aromatic nitrogens is 2. The second-order valence-corrected chi connectivity index (χ2v) is 20.3. The first-order chi connectivity index (χ1) is 26.2. The van der Waals surface area contributed by atoms with Crippen LogP contribution < -0.4 is 21.9 Å². The van der Waals surface area contributed by atoms with Crippen molar-refractivity contribution in [1.82, 2.24) is 14.9 Å². The van der Waals surface area contributed by atoms with E-state index < -0.39 is 14.4 Å². The van der Waals surface area contributed by atoms with Crippen LogP contribution in [0.15, 0.2) is 105 Å². The maximum Gasteiger partial charge on any atom is 0.419 e. The summed E-state index contributed by atoms with van der Waals surface area (Å²) in [5, 5.41) is 26.7. The molecule has 0 saturated carbocycles. The molecule has 1 unspecified atom stereocenters. The summed E-state index contributed by atoms with van der Waals surface area (Å²) >= 11 is 0. The fourth-order valence-electron chi connectivity index (χ4n) is 6.68. The molecular weight excluding hydrogens is 713 g/mol. The van der Waals surface area contributed by atoms with E-state index in [0.29, 0.717) is 36.4 Å². The lowest BCUT2D eigenvalue weighted by molar-refractivity contribution is 0.181. The largest absolute Gasteiger partial charge is 0.506 e. The molecule has 6 aromatic rings. The highest BCUT2D eigenvalue weighted by Crippen LogP contribution is 2.41. The van der Waals surface area contributed by atoms with Crippen molar-refractivity contribution in [2.45, 2.75) is 83.8 Å². The molecule has 288 valence electrons. The first-order valence-corrected chi connectivity index (χ1v) is 21.6. The van der Waals surface area contributed by atoms with Crippen LogP contribution in [0.5, 0.6) is 5.75 Å². The Morgan fingerprint density at radius 3 is 2.44 bits per heavy atom. The highest BCUT2D eigenvalue weighted by Gasteiger charge is 2.39. The number of phenols is 1. The van der Waals surface area contributed by atoms with E-state index in [1.54, 1.807) is 16.7 Å². The fraction of sp³-hybridized carbons (Fsp3) is 0.326. The van der Waals surface area contributed by atoms with E-state index in [1.807, 2.05) is 72.8 Å². The number of rotatable bonds is 15. The van der Waals surface area contributed by atoms with Gasteiger partial charge in [-0.1, -0.05) is 81.8 Å². The minimum Gasteiger partial charge on any atom is -0.506 e. The van der Waals surface area contributed by atoms with Crippen LogP contribution >= 0.6 is 0 Å². The summed E-state index contributed by atoms with van der Waals surface area (Å²) in [6.07, 6.45) is 1.88. The van der Waals surface area contributed by atoms with E-state index >= 15 is 0 Å². The summed E-state index contributed by atoms with van der Waals surface area (Å²) in [6, 6.07) is 28.0. The molecule has 0 fully saturated rings. The van der Waals surface area contributed by atoms with E-state index in [0.717, 1.165) is 64.4 Å². The van der Waals surface area contributed by atoms with Crippen molar-refractivity contribution in [3.05, 3.63) is 129 Å². The quantitative estimate of drug-likeness (QED) is 0.0512. The number of hydrogen-bond donors (Lipinski definition) is 5. The summed E-state index contributed by atoms with van der Waals surface area (Å²) < 4.78 is 14.3. The SMILES string of the molecule is CC(C)(C)[Si](C)(C)OC(CNCc1ccc2c(c1)oc(=O)n2CCCCCc1ccc(-c2ccccc2)c(NC(=O)O)c1)c1ccc(O)c2[nH]c(=O)ccc12. The second-order valence-electron chi connectivity index (χ2n) is 15.6. The van der Waals surface area contributed by atoms with Crippen molar-refractivity contribution < 1.29 is 23.9 Å². The standard InChI is InChI=1S/C43H50N4O7Si/c1-43(2,3)55(4,5)54-38(32-18-21-36(48)40-33(32)19-22-39(49)46-40)27-44-26-29-16-20-35-37(25-29)53-42(52)47(35)23-11-7-8-12-28-15-17-31(30-13-9-6-10-14-30)34(24-28)45-41(50)51/h6,9-10,13-22,24-25,38,44-45,48H,7-8,11-12,23,26-27H2,1-5H3,(H,46,49)(H,50,51). The minimum absolute atomic E-state index is 0.00745.